The normalized spacial score (nSPS) is 11.7. The Morgan fingerprint density at radius 3 is 2.69 bits per heavy atom. The van der Waals surface area contributed by atoms with Crippen LogP contribution in [0.2, 0.25) is 0 Å². The molecule has 1 heterocycles. The minimum Gasteiger partial charge on any atom is -0.313 e. The van der Waals surface area contributed by atoms with E-state index in [9.17, 15) is 0 Å². The van der Waals surface area contributed by atoms with Crippen molar-refractivity contribution in [3.63, 3.8) is 0 Å². The lowest BCUT2D eigenvalue weighted by atomic mass is 10.3. The number of likely N-dealkylation sites (N-methyl/N-ethyl adjacent to an activating group) is 1. The number of halogens is 1. The van der Waals surface area contributed by atoms with Crippen molar-refractivity contribution in [2.45, 2.75) is 33.4 Å². The van der Waals surface area contributed by atoms with Gasteiger partial charge in [0.1, 0.15) is 0 Å². The maximum Gasteiger partial charge on any atom is 0.0730 e. The lowest BCUT2D eigenvalue weighted by molar-refractivity contribution is 0.322. The van der Waals surface area contributed by atoms with Gasteiger partial charge in [-0.3, -0.25) is 0 Å². The van der Waals surface area contributed by atoms with Crippen molar-refractivity contribution < 1.29 is 0 Å². The van der Waals surface area contributed by atoms with E-state index in [1.807, 2.05) is 11.3 Å². The van der Waals surface area contributed by atoms with Crippen LogP contribution >= 0.6 is 27.3 Å². The van der Waals surface area contributed by atoms with E-state index in [0.717, 1.165) is 19.6 Å². The van der Waals surface area contributed by atoms with E-state index in [4.69, 9.17) is 0 Å². The summed E-state index contributed by atoms with van der Waals surface area (Å²) in [4.78, 5) is 3.78. The van der Waals surface area contributed by atoms with Gasteiger partial charge in [-0.15, -0.1) is 11.3 Å². The van der Waals surface area contributed by atoms with Crippen LogP contribution in [0, 0.1) is 6.92 Å². The van der Waals surface area contributed by atoms with Crippen molar-refractivity contribution >= 4 is 27.3 Å². The van der Waals surface area contributed by atoms with Crippen molar-refractivity contribution in [2.75, 3.05) is 20.1 Å². The summed E-state index contributed by atoms with van der Waals surface area (Å²) in [5.41, 5.74) is 1.34. The second kappa shape index (κ2) is 6.74. The van der Waals surface area contributed by atoms with Gasteiger partial charge in [-0.1, -0.05) is 13.8 Å². The minimum atomic E-state index is 0.575. The van der Waals surface area contributed by atoms with Crippen LogP contribution in [0.4, 0.5) is 0 Å². The zero-order valence-corrected chi connectivity index (χ0v) is 12.9. The van der Waals surface area contributed by atoms with E-state index in [0.29, 0.717) is 6.04 Å². The fourth-order valence-electron chi connectivity index (χ4n) is 1.49. The van der Waals surface area contributed by atoms with Crippen LogP contribution in [0.3, 0.4) is 0 Å². The van der Waals surface area contributed by atoms with Gasteiger partial charge in [0.05, 0.1) is 3.79 Å². The zero-order valence-electron chi connectivity index (χ0n) is 10.5. The number of thiophene rings is 1. The van der Waals surface area contributed by atoms with Gasteiger partial charge in [-0.05, 0) is 41.5 Å². The predicted octanol–water partition coefficient (Wildman–Crippen LogP) is 3.25. The fraction of sp³-hybridized carbons (Fsp3) is 0.667. The average molecular weight is 305 g/mol. The Hall–Kier alpha value is 0.100. The summed E-state index contributed by atoms with van der Waals surface area (Å²) in [5.74, 6) is 0. The van der Waals surface area contributed by atoms with E-state index in [1.165, 1.54) is 14.2 Å². The second-order valence-corrected chi connectivity index (χ2v) is 6.97. The van der Waals surface area contributed by atoms with Crippen LogP contribution in [-0.2, 0) is 6.54 Å². The molecule has 0 fully saturated rings. The van der Waals surface area contributed by atoms with Crippen LogP contribution in [0.5, 0.6) is 0 Å². The zero-order chi connectivity index (χ0) is 12.1. The third kappa shape index (κ3) is 4.95. The smallest absolute Gasteiger partial charge is 0.0730 e. The van der Waals surface area contributed by atoms with Gasteiger partial charge in [0, 0.05) is 30.6 Å². The van der Waals surface area contributed by atoms with Crippen LogP contribution in [0.15, 0.2) is 9.85 Å². The first-order valence-corrected chi connectivity index (χ1v) is 7.26. The van der Waals surface area contributed by atoms with Crippen molar-refractivity contribution in [2.24, 2.45) is 0 Å². The molecule has 0 amide bonds. The fourth-order valence-corrected chi connectivity index (χ4v) is 3.20. The molecule has 0 unspecified atom stereocenters. The molecule has 1 aromatic heterocycles. The summed E-state index contributed by atoms with van der Waals surface area (Å²) in [6.45, 7) is 9.69. The summed E-state index contributed by atoms with van der Waals surface area (Å²) in [6, 6.07) is 2.84. The molecule has 0 atom stereocenters. The Kier molecular flexibility index (Phi) is 5.97. The molecule has 16 heavy (non-hydrogen) atoms. The highest BCUT2D eigenvalue weighted by atomic mass is 79.9. The van der Waals surface area contributed by atoms with Gasteiger partial charge < -0.3 is 10.2 Å². The highest BCUT2D eigenvalue weighted by Crippen LogP contribution is 2.27. The molecule has 0 saturated heterocycles. The summed E-state index contributed by atoms with van der Waals surface area (Å²) >= 11 is 5.40. The second-order valence-electron chi connectivity index (χ2n) is 4.52. The van der Waals surface area contributed by atoms with Gasteiger partial charge >= 0.3 is 0 Å². The van der Waals surface area contributed by atoms with E-state index in [2.05, 4.69) is 60.0 Å². The lowest BCUT2D eigenvalue weighted by Crippen LogP contribution is -2.32. The summed E-state index contributed by atoms with van der Waals surface area (Å²) in [6.07, 6.45) is 0. The topological polar surface area (TPSA) is 15.3 Å². The van der Waals surface area contributed by atoms with Crippen molar-refractivity contribution in [3.05, 3.63) is 20.3 Å². The summed E-state index contributed by atoms with van der Waals surface area (Å²) in [5, 5.41) is 3.43. The number of nitrogens with zero attached hydrogens (tertiary/aromatic N) is 1. The highest BCUT2D eigenvalue weighted by Gasteiger charge is 2.05. The number of aryl methyl sites for hydroxylation is 1. The third-order valence-corrected chi connectivity index (χ3v) is 4.50. The van der Waals surface area contributed by atoms with Gasteiger partial charge in [0.15, 0.2) is 0 Å². The molecular weight excluding hydrogens is 284 g/mol. The van der Waals surface area contributed by atoms with Crippen LogP contribution in [0.25, 0.3) is 0 Å². The Bertz CT molecular complexity index is 303. The molecule has 0 saturated carbocycles. The van der Waals surface area contributed by atoms with E-state index in [1.54, 1.807) is 0 Å². The predicted molar refractivity (Wildman–Crippen MR) is 76.2 cm³/mol. The first-order valence-electron chi connectivity index (χ1n) is 5.65. The first kappa shape index (κ1) is 14.2. The third-order valence-electron chi connectivity index (χ3n) is 2.38. The maximum absolute atomic E-state index is 3.57. The Morgan fingerprint density at radius 1 is 1.50 bits per heavy atom. The summed E-state index contributed by atoms with van der Waals surface area (Å²) in [7, 11) is 2.17. The molecule has 0 aliphatic rings. The quantitative estimate of drug-likeness (QED) is 0.868. The lowest BCUT2D eigenvalue weighted by Gasteiger charge is -2.17. The standard InChI is InChI=1S/C12H21BrN2S/c1-9(2)14-5-6-15(4)8-11-7-10(3)12(13)16-11/h7,9,14H,5-6,8H2,1-4H3. The maximum atomic E-state index is 3.57. The molecule has 0 radical (unpaired) electrons. The molecule has 4 heteroatoms. The minimum absolute atomic E-state index is 0.575. The van der Waals surface area contributed by atoms with Crippen molar-refractivity contribution in [1.82, 2.24) is 10.2 Å². The molecule has 92 valence electrons. The van der Waals surface area contributed by atoms with E-state index >= 15 is 0 Å². The molecule has 0 aliphatic carbocycles. The molecular formula is C12H21BrN2S. The molecule has 1 N–H and O–H groups in total. The van der Waals surface area contributed by atoms with Gasteiger partial charge in [-0.25, -0.2) is 0 Å². The monoisotopic (exact) mass is 304 g/mol. The number of rotatable bonds is 6. The van der Waals surface area contributed by atoms with Gasteiger partial charge in [0.25, 0.3) is 0 Å². The van der Waals surface area contributed by atoms with E-state index < -0.39 is 0 Å². The average Bonchev–Trinajstić information content (AvgIpc) is 2.44. The molecule has 0 aromatic carbocycles. The van der Waals surface area contributed by atoms with Crippen molar-refractivity contribution in [1.29, 1.82) is 0 Å². The molecule has 1 aromatic rings. The summed E-state index contributed by atoms with van der Waals surface area (Å²) < 4.78 is 1.26. The molecule has 1 rings (SSSR count). The largest absolute Gasteiger partial charge is 0.313 e. The first-order chi connectivity index (χ1) is 7.49. The molecule has 0 bridgehead atoms. The molecule has 0 aliphatic heterocycles. The number of hydrogen-bond acceptors (Lipinski definition) is 3. The van der Waals surface area contributed by atoms with Crippen LogP contribution in [0.1, 0.15) is 24.3 Å². The highest BCUT2D eigenvalue weighted by molar-refractivity contribution is 9.11. The van der Waals surface area contributed by atoms with Gasteiger partial charge in [0.2, 0.25) is 0 Å². The number of nitrogens with one attached hydrogen (secondary N) is 1. The van der Waals surface area contributed by atoms with Crippen LogP contribution in [-0.4, -0.2) is 31.1 Å². The van der Waals surface area contributed by atoms with Crippen molar-refractivity contribution in [3.8, 4) is 0 Å². The Balaban J connectivity index is 2.31. The Morgan fingerprint density at radius 2 is 2.19 bits per heavy atom. The van der Waals surface area contributed by atoms with E-state index in [-0.39, 0.29) is 0 Å². The molecule has 2 nitrogen and oxygen atoms in total. The SMILES string of the molecule is Cc1cc(CN(C)CCNC(C)C)sc1Br. The number of hydrogen-bond donors (Lipinski definition) is 1. The Labute approximate surface area is 111 Å². The molecule has 0 spiro atoms. The van der Waals surface area contributed by atoms with Crippen LogP contribution < -0.4 is 5.32 Å². The van der Waals surface area contributed by atoms with Gasteiger partial charge in [-0.2, -0.15) is 0 Å².